The molecule has 0 radical (unpaired) electrons. The van der Waals surface area contributed by atoms with Crippen molar-refractivity contribution in [2.45, 2.75) is 18.6 Å². The van der Waals surface area contributed by atoms with Crippen LogP contribution >= 0.6 is 0 Å². The van der Waals surface area contributed by atoms with Gasteiger partial charge in [-0.1, -0.05) is 36.4 Å². The van der Waals surface area contributed by atoms with Gasteiger partial charge >= 0.3 is 6.03 Å². The van der Waals surface area contributed by atoms with Crippen LogP contribution in [-0.4, -0.2) is 67.4 Å². The van der Waals surface area contributed by atoms with Crippen molar-refractivity contribution in [2.75, 3.05) is 39.4 Å². The van der Waals surface area contributed by atoms with Crippen LogP contribution in [0.3, 0.4) is 0 Å². The molecular formula is C21H26N3O4+. The summed E-state index contributed by atoms with van der Waals surface area (Å²) in [5.41, 5.74) is -0.396. The molecule has 2 aromatic carbocycles. The van der Waals surface area contributed by atoms with Crippen molar-refractivity contribution in [3.63, 3.8) is 0 Å². The van der Waals surface area contributed by atoms with E-state index in [1.54, 1.807) is 6.92 Å². The number of urea groups is 1. The number of nitrogens with zero attached hydrogens (tertiary/aromatic N) is 1. The Morgan fingerprint density at radius 1 is 1.18 bits per heavy atom. The molecule has 148 valence electrons. The van der Waals surface area contributed by atoms with Crippen molar-refractivity contribution in [3.05, 3.63) is 48.0 Å². The van der Waals surface area contributed by atoms with Crippen molar-refractivity contribution in [1.29, 1.82) is 0 Å². The molecule has 2 aliphatic rings. The number of carbonyl (C=O) groups excluding carboxylic acids is 2. The van der Waals surface area contributed by atoms with Crippen LogP contribution in [-0.2, 0) is 15.1 Å². The maximum absolute atomic E-state index is 13.1. The third-order valence-electron chi connectivity index (χ3n) is 5.72. The Morgan fingerprint density at radius 2 is 1.89 bits per heavy atom. The lowest BCUT2D eigenvalue weighted by atomic mass is 9.90. The lowest BCUT2D eigenvalue weighted by Gasteiger charge is -2.27. The number of fused-ring (bicyclic) bond motifs is 1. The molecule has 7 nitrogen and oxygen atoms in total. The quantitative estimate of drug-likeness (QED) is 0.628. The largest absolute Gasteiger partial charge is 0.385 e. The minimum absolute atomic E-state index is 0.00179. The molecule has 0 aliphatic carbocycles. The van der Waals surface area contributed by atoms with E-state index in [0.717, 1.165) is 34.3 Å². The molecule has 2 aliphatic heterocycles. The molecule has 2 saturated heterocycles. The van der Waals surface area contributed by atoms with E-state index >= 15 is 0 Å². The summed E-state index contributed by atoms with van der Waals surface area (Å²) < 4.78 is 5.32. The molecule has 3 N–H and O–H groups in total. The fourth-order valence-electron chi connectivity index (χ4n) is 4.03. The Hall–Kier alpha value is -2.48. The highest BCUT2D eigenvalue weighted by molar-refractivity contribution is 6.07. The molecule has 2 aromatic rings. The van der Waals surface area contributed by atoms with Gasteiger partial charge in [0.15, 0.2) is 0 Å². The second kappa shape index (κ2) is 7.50. The monoisotopic (exact) mass is 384 g/mol. The highest BCUT2D eigenvalue weighted by Crippen LogP contribution is 2.31. The molecule has 2 heterocycles. The second-order valence-corrected chi connectivity index (χ2v) is 7.75. The van der Waals surface area contributed by atoms with Gasteiger partial charge in [0, 0.05) is 0 Å². The standard InChI is InChI=1S/C21H25N3O4/c1-21(17-7-6-15-4-2-3-5-16(15)12-17)19(26)24(20(27)22-21)14-18(25)13-23-8-10-28-11-9-23/h2-7,12,18,25H,8-11,13-14H2,1H3,(H,22,27)/p+1/t18-,21+/m1/s1. The van der Waals surface area contributed by atoms with Crippen LogP contribution in [0.25, 0.3) is 10.8 Å². The number of hydrogen-bond donors (Lipinski definition) is 3. The van der Waals surface area contributed by atoms with Gasteiger partial charge in [-0.25, -0.2) is 4.79 Å². The van der Waals surface area contributed by atoms with Gasteiger partial charge in [0.2, 0.25) is 0 Å². The number of nitrogens with one attached hydrogen (secondary N) is 2. The minimum Gasteiger partial charge on any atom is -0.385 e. The Morgan fingerprint density at radius 3 is 2.64 bits per heavy atom. The number of quaternary nitrogens is 1. The smallest absolute Gasteiger partial charge is 0.325 e. The van der Waals surface area contributed by atoms with Crippen molar-refractivity contribution in [1.82, 2.24) is 10.2 Å². The summed E-state index contributed by atoms with van der Waals surface area (Å²) in [6.07, 6.45) is -0.762. The third kappa shape index (κ3) is 3.48. The summed E-state index contributed by atoms with van der Waals surface area (Å²) in [5.74, 6) is -0.330. The zero-order valence-corrected chi connectivity index (χ0v) is 16.0. The van der Waals surface area contributed by atoms with Gasteiger partial charge in [0.05, 0.1) is 19.8 Å². The normalized spacial score (nSPS) is 24.6. The fourth-order valence-corrected chi connectivity index (χ4v) is 4.03. The van der Waals surface area contributed by atoms with Crippen LogP contribution in [0.2, 0.25) is 0 Å². The molecule has 0 aromatic heterocycles. The highest BCUT2D eigenvalue weighted by atomic mass is 16.5. The maximum Gasteiger partial charge on any atom is 0.325 e. The van der Waals surface area contributed by atoms with E-state index in [0.29, 0.717) is 19.8 Å². The Bertz CT molecular complexity index is 896. The van der Waals surface area contributed by atoms with Crippen molar-refractivity contribution in [2.24, 2.45) is 0 Å². The van der Waals surface area contributed by atoms with Gasteiger partial charge < -0.3 is 20.1 Å². The third-order valence-corrected chi connectivity index (χ3v) is 5.72. The number of amides is 3. The predicted octanol–water partition coefficient (Wildman–Crippen LogP) is -0.117. The van der Waals surface area contributed by atoms with Crippen molar-refractivity contribution >= 4 is 22.7 Å². The Kier molecular flexibility index (Phi) is 5.05. The number of rotatable bonds is 5. The van der Waals surface area contributed by atoms with Gasteiger partial charge in [-0.3, -0.25) is 9.69 Å². The summed E-state index contributed by atoms with van der Waals surface area (Å²) in [5, 5.41) is 15.4. The molecule has 2 fully saturated rings. The topological polar surface area (TPSA) is 83.3 Å². The molecule has 0 spiro atoms. The van der Waals surface area contributed by atoms with E-state index in [4.69, 9.17) is 4.74 Å². The first-order valence-corrected chi connectivity index (χ1v) is 9.70. The van der Waals surface area contributed by atoms with Gasteiger partial charge in [0.1, 0.15) is 31.3 Å². The molecule has 2 atom stereocenters. The molecule has 7 heteroatoms. The van der Waals surface area contributed by atoms with Crippen molar-refractivity contribution < 1.29 is 24.3 Å². The fraction of sp³-hybridized carbons (Fsp3) is 0.429. The van der Waals surface area contributed by atoms with E-state index in [1.807, 2.05) is 42.5 Å². The zero-order chi connectivity index (χ0) is 19.7. The maximum atomic E-state index is 13.1. The van der Waals surface area contributed by atoms with Crippen LogP contribution in [0.4, 0.5) is 4.79 Å². The van der Waals surface area contributed by atoms with Gasteiger partial charge in [-0.15, -0.1) is 0 Å². The number of aliphatic hydroxyl groups is 1. The number of benzene rings is 2. The molecule has 0 unspecified atom stereocenters. The van der Waals surface area contributed by atoms with E-state index in [9.17, 15) is 14.7 Å². The first kappa shape index (κ1) is 18.9. The van der Waals surface area contributed by atoms with Crippen LogP contribution in [0.1, 0.15) is 12.5 Å². The van der Waals surface area contributed by atoms with Crippen LogP contribution in [0, 0.1) is 0 Å². The SMILES string of the molecule is C[C@@]1(c2ccc3ccccc3c2)NC(=O)N(C[C@H](O)C[NH+]2CCOCC2)C1=O. The summed E-state index contributed by atoms with van der Waals surface area (Å²) in [4.78, 5) is 28.0. The molecule has 0 bridgehead atoms. The molecular weight excluding hydrogens is 358 g/mol. The Balaban J connectivity index is 1.50. The summed E-state index contributed by atoms with van der Waals surface area (Å²) in [7, 11) is 0. The van der Waals surface area contributed by atoms with E-state index in [1.165, 1.54) is 4.90 Å². The van der Waals surface area contributed by atoms with E-state index < -0.39 is 17.7 Å². The number of carbonyl (C=O) groups is 2. The molecule has 28 heavy (non-hydrogen) atoms. The molecule has 4 rings (SSSR count). The van der Waals surface area contributed by atoms with Crippen LogP contribution in [0.15, 0.2) is 42.5 Å². The summed E-state index contributed by atoms with van der Waals surface area (Å²) in [6, 6.07) is 13.2. The number of imide groups is 1. The average molecular weight is 384 g/mol. The van der Waals surface area contributed by atoms with E-state index in [-0.39, 0.29) is 12.5 Å². The van der Waals surface area contributed by atoms with Crippen LogP contribution in [0.5, 0.6) is 0 Å². The average Bonchev–Trinajstić information content (AvgIpc) is 2.92. The zero-order valence-electron chi connectivity index (χ0n) is 16.0. The van der Waals surface area contributed by atoms with Crippen LogP contribution < -0.4 is 10.2 Å². The Labute approximate surface area is 163 Å². The van der Waals surface area contributed by atoms with Gasteiger partial charge in [-0.05, 0) is 29.3 Å². The first-order chi connectivity index (χ1) is 13.5. The first-order valence-electron chi connectivity index (χ1n) is 9.70. The van der Waals surface area contributed by atoms with Crippen molar-refractivity contribution in [3.8, 4) is 0 Å². The minimum atomic E-state index is -1.13. The molecule has 0 saturated carbocycles. The predicted molar refractivity (Wildman–Crippen MR) is 104 cm³/mol. The lowest BCUT2D eigenvalue weighted by Crippen LogP contribution is -3.15. The number of morpholine rings is 1. The number of aliphatic hydroxyl groups excluding tert-OH is 1. The highest BCUT2D eigenvalue weighted by Gasteiger charge is 2.49. The molecule has 3 amide bonds. The lowest BCUT2D eigenvalue weighted by molar-refractivity contribution is -0.910. The summed E-state index contributed by atoms with van der Waals surface area (Å²) >= 11 is 0. The number of β-amino-alcohol motifs (C(OH)–C–C–N with tert-alkyl or cyclic N) is 1. The van der Waals surface area contributed by atoms with Gasteiger partial charge in [-0.2, -0.15) is 0 Å². The summed E-state index contributed by atoms with van der Waals surface area (Å²) in [6.45, 7) is 5.21. The number of ether oxygens (including phenoxy) is 1. The van der Waals surface area contributed by atoms with E-state index in [2.05, 4.69) is 5.32 Å². The van der Waals surface area contributed by atoms with Gasteiger partial charge in [0.25, 0.3) is 5.91 Å². The number of hydrogen-bond acceptors (Lipinski definition) is 4. The second-order valence-electron chi connectivity index (χ2n) is 7.75.